The number of aromatic nitrogens is 3. The van der Waals surface area contributed by atoms with Crippen LogP contribution in [0, 0.1) is 5.82 Å². The molecule has 3 aromatic rings. The van der Waals surface area contributed by atoms with Crippen LogP contribution in [-0.4, -0.2) is 45.4 Å². The molecular formula is C24H25FN4O4S. The second kappa shape index (κ2) is 10.0. The number of amides is 1. The lowest BCUT2D eigenvalue weighted by Crippen LogP contribution is -2.30. The minimum Gasteiger partial charge on any atom is -0.454 e. The molecule has 2 atom stereocenters. The highest BCUT2D eigenvalue weighted by molar-refractivity contribution is 8.00. The van der Waals surface area contributed by atoms with Crippen LogP contribution in [0.3, 0.4) is 0 Å². The first-order valence-electron chi connectivity index (χ1n) is 11.2. The summed E-state index contributed by atoms with van der Waals surface area (Å²) in [6, 6.07) is 11.8. The van der Waals surface area contributed by atoms with E-state index >= 15 is 0 Å². The molecule has 0 saturated carbocycles. The normalized spacial score (nSPS) is 17.6. The lowest BCUT2D eigenvalue weighted by molar-refractivity contribution is -0.120. The van der Waals surface area contributed by atoms with Crippen LogP contribution in [-0.2, 0) is 22.6 Å². The number of rotatable bonds is 8. The molecule has 1 aromatic heterocycles. The molecular weight excluding hydrogens is 459 g/mol. The van der Waals surface area contributed by atoms with Gasteiger partial charge >= 0.3 is 0 Å². The Morgan fingerprint density at radius 2 is 2.03 bits per heavy atom. The summed E-state index contributed by atoms with van der Waals surface area (Å²) in [6.45, 7) is 3.74. The van der Waals surface area contributed by atoms with Crippen molar-refractivity contribution in [3.63, 3.8) is 0 Å². The Hall–Kier alpha value is -3.11. The van der Waals surface area contributed by atoms with E-state index in [-0.39, 0.29) is 24.6 Å². The van der Waals surface area contributed by atoms with E-state index in [0.29, 0.717) is 35.6 Å². The van der Waals surface area contributed by atoms with Gasteiger partial charge in [0, 0.05) is 18.7 Å². The number of ether oxygens (including phenoxy) is 3. The quantitative estimate of drug-likeness (QED) is 0.487. The number of nitrogens with zero attached hydrogens (tertiary/aromatic N) is 3. The predicted molar refractivity (Wildman–Crippen MR) is 124 cm³/mol. The Kier molecular flexibility index (Phi) is 6.68. The van der Waals surface area contributed by atoms with Gasteiger partial charge in [0.1, 0.15) is 5.82 Å². The fourth-order valence-corrected chi connectivity index (χ4v) is 4.82. The van der Waals surface area contributed by atoms with Crippen LogP contribution in [0.1, 0.15) is 25.3 Å². The predicted octanol–water partition coefficient (Wildman–Crippen LogP) is 3.79. The standard InChI is InChI=1S/C24H25FN4O4S/c1-15(23(30)26-12-16-4-9-20-21(11-16)33-14-32-20)34-24-28-27-22(17-5-7-18(25)8-6-17)29(24)13-19-3-2-10-31-19/h4-9,11,15,19H,2-3,10,12-14H2,1H3,(H,26,30)/t15-,19+/m0/s1. The Labute approximate surface area is 200 Å². The molecule has 1 amide bonds. The van der Waals surface area contributed by atoms with Crippen molar-refractivity contribution in [1.82, 2.24) is 20.1 Å². The highest BCUT2D eigenvalue weighted by Gasteiger charge is 2.25. The number of carbonyl (C=O) groups excluding carboxylic acids is 1. The van der Waals surface area contributed by atoms with Crippen LogP contribution in [0.15, 0.2) is 47.6 Å². The van der Waals surface area contributed by atoms with Gasteiger partial charge in [-0.1, -0.05) is 17.8 Å². The summed E-state index contributed by atoms with van der Waals surface area (Å²) in [5.41, 5.74) is 1.69. The largest absolute Gasteiger partial charge is 0.454 e. The lowest BCUT2D eigenvalue weighted by Gasteiger charge is -2.16. The number of carbonyl (C=O) groups is 1. The van der Waals surface area contributed by atoms with Crippen molar-refractivity contribution < 1.29 is 23.4 Å². The Balaban J connectivity index is 1.28. The third-order valence-corrected chi connectivity index (χ3v) is 6.87. The topological polar surface area (TPSA) is 87.5 Å². The fraction of sp³-hybridized carbons (Fsp3) is 0.375. The van der Waals surface area contributed by atoms with Gasteiger partial charge in [-0.15, -0.1) is 10.2 Å². The van der Waals surface area contributed by atoms with Gasteiger partial charge in [-0.05, 0) is 61.7 Å². The van der Waals surface area contributed by atoms with Gasteiger partial charge in [-0.2, -0.15) is 0 Å². The fourth-order valence-electron chi connectivity index (χ4n) is 3.94. The van der Waals surface area contributed by atoms with Crippen molar-refractivity contribution in [1.29, 1.82) is 0 Å². The molecule has 178 valence electrons. The molecule has 1 saturated heterocycles. The van der Waals surface area contributed by atoms with E-state index in [4.69, 9.17) is 14.2 Å². The molecule has 0 bridgehead atoms. The zero-order valence-electron chi connectivity index (χ0n) is 18.7. The SMILES string of the molecule is C[C@H](Sc1nnc(-c2ccc(F)cc2)n1C[C@H]1CCCO1)C(=O)NCc1ccc2c(c1)OCO2. The molecule has 5 rings (SSSR count). The smallest absolute Gasteiger partial charge is 0.233 e. The minimum absolute atomic E-state index is 0.0599. The second-order valence-corrected chi connectivity index (χ2v) is 9.53. The zero-order valence-corrected chi connectivity index (χ0v) is 19.5. The van der Waals surface area contributed by atoms with Crippen molar-refractivity contribution in [3.05, 3.63) is 53.8 Å². The van der Waals surface area contributed by atoms with Crippen molar-refractivity contribution >= 4 is 17.7 Å². The first-order chi connectivity index (χ1) is 16.6. The number of halogens is 1. The molecule has 3 heterocycles. The van der Waals surface area contributed by atoms with E-state index in [0.717, 1.165) is 30.6 Å². The number of hydrogen-bond donors (Lipinski definition) is 1. The van der Waals surface area contributed by atoms with Gasteiger partial charge in [0.15, 0.2) is 22.5 Å². The summed E-state index contributed by atoms with van der Waals surface area (Å²) in [7, 11) is 0. The van der Waals surface area contributed by atoms with Gasteiger partial charge in [-0.3, -0.25) is 9.36 Å². The maximum atomic E-state index is 13.4. The Morgan fingerprint density at radius 1 is 1.21 bits per heavy atom. The highest BCUT2D eigenvalue weighted by atomic mass is 32.2. The minimum atomic E-state index is -0.400. The van der Waals surface area contributed by atoms with Gasteiger partial charge in [0.05, 0.1) is 17.9 Å². The summed E-state index contributed by atoms with van der Waals surface area (Å²) in [6.07, 6.45) is 2.03. The molecule has 10 heteroatoms. The van der Waals surface area contributed by atoms with E-state index in [1.807, 2.05) is 29.7 Å². The van der Waals surface area contributed by atoms with Gasteiger partial charge in [-0.25, -0.2) is 4.39 Å². The van der Waals surface area contributed by atoms with Crippen LogP contribution in [0.5, 0.6) is 11.5 Å². The molecule has 0 radical (unpaired) electrons. The summed E-state index contributed by atoms with van der Waals surface area (Å²) < 4.78 is 31.9. The Morgan fingerprint density at radius 3 is 2.82 bits per heavy atom. The molecule has 34 heavy (non-hydrogen) atoms. The number of benzene rings is 2. The molecule has 2 aliphatic rings. The third-order valence-electron chi connectivity index (χ3n) is 5.78. The Bertz CT molecular complexity index is 1160. The first kappa shape index (κ1) is 22.7. The molecule has 0 unspecified atom stereocenters. The van der Waals surface area contributed by atoms with Crippen molar-refractivity contribution in [3.8, 4) is 22.9 Å². The highest BCUT2D eigenvalue weighted by Crippen LogP contribution is 2.33. The van der Waals surface area contributed by atoms with E-state index in [1.54, 1.807) is 12.1 Å². The maximum absolute atomic E-state index is 13.4. The number of hydrogen-bond acceptors (Lipinski definition) is 7. The van der Waals surface area contributed by atoms with Crippen LogP contribution in [0.2, 0.25) is 0 Å². The van der Waals surface area contributed by atoms with Crippen LogP contribution in [0.4, 0.5) is 4.39 Å². The van der Waals surface area contributed by atoms with Crippen molar-refractivity contribution in [2.45, 2.75) is 49.4 Å². The zero-order chi connectivity index (χ0) is 23.5. The third kappa shape index (κ3) is 5.02. The van der Waals surface area contributed by atoms with Crippen LogP contribution < -0.4 is 14.8 Å². The summed E-state index contributed by atoms with van der Waals surface area (Å²) in [5.74, 6) is 1.60. The average molecular weight is 485 g/mol. The second-order valence-electron chi connectivity index (χ2n) is 8.22. The van der Waals surface area contributed by atoms with E-state index in [2.05, 4.69) is 15.5 Å². The van der Waals surface area contributed by atoms with Crippen molar-refractivity contribution in [2.24, 2.45) is 0 Å². The number of nitrogens with one attached hydrogen (secondary N) is 1. The van der Waals surface area contributed by atoms with Gasteiger partial charge in [0.25, 0.3) is 0 Å². The molecule has 2 aromatic carbocycles. The first-order valence-corrected chi connectivity index (χ1v) is 12.1. The molecule has 0 aliphatic carbocycles. The van der Waals surface area contributed by atoms with E-state index in [1.165, 1.54) is 23.9 Å². The van der Waals surface area contributed by atoms with Crippen molar-refractivity contribution in [2.75, 3.05) is 13.4 Å². The molecule has 2 aliphatic heterocycles. The van der Waals surface area contributed by atoms with Crippen LogP contribution in [0.25, 0.3) is 11.4 Å². The van der Waals surface area contributed by atoms with Gasteiger partial charge < -0.3 is 19.5 Å². The molecule has 0 spiro atoms. The monoisotopic (exact) mass is 484 g/mol. The molecule has 8 nitrogen and oxygen atoms in total. The summed E-state index contributed by atoms with van der Waals surface area (Å²) in [4.78, 5) is 12.8. The molecule has 1 fully saturated rings. The summed E-state index contributed by atoms with van der Waals surface area (Å²) >= 11 is 1.34. The lowest BCUT2D eigenvalue weighted by atomic mass is 10.2. The maximum Gasteiger partial charge on any atom is 0.233 e. The van der Waals surface area contributed by atoms with E-state index < -0.39 is 5.25 Å². The number of thioether (sulfide) groups is 1. The molecule has 1 N–H and O–H groups in total. The summed E-state index contributed by atoms with van der Waals surface area (Å²) in [5, 5.41) is 11.9. The van der Waals surface area contributed by atoms with E-state index in [9.17, 15) is 9.18 Å². The van der Waals surface area contributed by atoms with Gasteiger partial charge in [0.2, 0.25) is 12.7 Å². The average Bonchev–Trinajstić information content (AvgIpc) is 3.60. The number of fused-ring (bicyclic) bond motifs is 1. The van der Waals surface area contributed by atoms with Crippen LogP contribution >= 0.6 is 11.8 Å².